The molecule has 1 N–H and O–H groups in total. The number of rotatable bonds is 4. The Morgan fingerprint density at radius 3 is 2.50 bits per heavy atom. The maximum Gasteiger partial charge on any atom is 0.295 e. The van der Waals surface area contributed by atoms with Crippen LogP contribution in [0.25, 0.3) is 0 Å². The molecule has 88 valence electrons. The second-order valence-corrected chi connectivity index (χ2v) is 3.34. The average molecular weight is 226 g/mol. The number of aromatic amines is 1. The first kappa shape index (κ1) is 12.1. The first-order chi connectivity index (χ1) is 7.56. The number of carbonyl (C=O) groups excluding carboxylic acids is 2. The molecular formula is C8H14N6O2. The van der Waals surface area contributed by atoms with Crippen LogP contribution in [0.3, 0.4) is 0 Å². The first-order valence-electron chi connectivity index (χ1n) is 4.79. The van der Waals surface area contributed by atoms with Crippen molar-refractivity contribution in [3.05, 3.63) is 5.82 Å². The molecule has 0 bridgehead atoms. The zero-order valence-electron chi connectivity index (χ0n) is 9.47. The van der Waals surface area contributed by atoms with Crippen LogP contribution in [0.15, 0.2) is 0 Å². The summed E-state index contributed by atoms with van der Waals surface area (Å²) in [7, 11) is 3.27. The molecule has 2 amide bonds. The Bertz CT molecular complexity index is 361. The maximum atomic E-state index is 11.8. The Morgan fingerprint density at radius 1 is 1.38 bits per heavy atom. The second kappa shape index (κ2) is 5.19. The zero-order valence-corrected chi connectivity index (χ0v) is 9.47. The van der Waals surface area contributed by atoms with Gasteiger partial charge in [0.2, 0.25) is 5.91 Å². The molecule has 0 unspecified atom stereocenters. The molecule has 8 heteroatoms. The molecule has 0 aromatic carbocycles. The fraction of sp³-hybridized carbons (Fsp3) is 0.625. The summed E-state index contributed by atoms with van der Waals surface area (Å²) >= 11 is 0. The monoisotopic (exact) mass is 226 g/mol. The van der Waals surface area contributed by atoms with E-state index < -0.39 is 5.91 Å². The van der Waals surface area contributed by atoms with E-state index in [1.807, 2.05) is 0 Å². The van der Waals surface area contributed by atoms with E-state index in [0.29, 0.717) is 6.54 Å². The summed E-state index contributed by atoms with van der Waals surface area (Å²) in [4.78, 5) is 26.0. The third kappa shape index (κ3) is 2.75. The van der Waals surface area contributed by atoms with Gasteiger partial charge in [-0.2, -0.15) is 5.21 Å². The van der Waals surface area contributed by atoms with Crippen LogP contribution < -0.4 is 0 Å². The average Bonchev–Trinajstić information content (AvgIpc) is 2.77. The van der Waals surface area contributed by atoms with Crippen LogP contribution in [0.4, 0.5) is 0 Å². The number of hydrogen-bond donors (Lipinski definition) is 1. The summed E-state index contributed by atoms with van der Waals surface area (Å²) in [6.45, 7) is 2.20. The van der Waals surface area contributed by atoms with Crippen molar-refractivity contribution in [2.24, 2.45) is 0 Å². The Balaban J connectivity index is 2.68. The van der Waals surface area contributed by atoms with Gasteiger partial charge in [-0.15, -0.1) is 10.2 Å². The van der Waals surface area contributed by atoms with Crippen molar-refractivity contribution in [1.82, 2.24) is 30.4 Å². The molecule has 0 aliphatic rings. The smallest absolute Gasteiger partial charge is 0.295 e. The molecule has 0 saturated carbocycles. The lowest BCUT2D eigenvalue weighted by Crippen LogP contribution is -2.40. The van der Waals surface area contributed by atoms with Gasteiger partial charge in [0.25, 0.3) is 11.7 Å². The van der Waals surface area contributed by atoms with E-state index >= 15 is 0 Å². The van der Waals surface area contributed by atoms with Gasteiger partial charge >= 0.3 is 0 Å². The van der Waals surface area contributed by atoms with Gasteiger partial charge in [-0.25, -0.2) is 0 Å². The summed E-state index contributed by atoms with van der Waals surface area (Å²) in [5.74, 6) is -0.599. The zero-order chi connectivity index (χ0) is 12.1. The van der Waals surface area contributed by atoms with Gasteiger partial charge < -0.3 is 9.80 Å². The van der Waals surface area contributed by atoms with Crippen molar-refractivity contribution in [3.8, 4) is 0 Å². The van der Waals surface area contributed by atoms with Crippen molar-refractivity contribution in [3.63, 3.8) is 0 Å². The first-order valence-corrected chi connectivity index (χ1v) is 4.79. The normalized spacial score (nSPS) is 9.94. The number of likely N-dealkylation sites (N-methyl/N-ethyl adjacent to an activating group) is 2. The molecule has 0 aliphatic heterocycles. The van der Waals surface area contributed by atoms with Gasteiger partial charge in [0.05, 0.1) is 0 Å². The van der Waals surface area contributed by atoms with E-state index in [0.717, 1.165) is 0 Å². The van der Waals surface area contributed by atoms with Gasteiger partial charge in [-0.3, -0.25) is 9.59 Å². The highest BCUT2D eigenvalue weighted by molar-refractivity contribution is 5.93. The lowest BCUT2D eigenvalue weighted by Gasteiger charge is -2.20. The van der Waals surface area contributed by atoms with Crippen molar-refractivity contribution < 1.29 is 9.59 Å². The number of nitrogens with zero attached hydrogens (tertiary/aromatic N) is 5. The largest absolute Gasteiger partial charge is 0.347 e. The topological polar surface area (TPSA) is 95.1 Å². The minimum absolute atomic E-state index is 0.0108. The Morgan fingerprint density at radius 2 is 2.06 bits per heavy atom. The fourth-order valence-corrected chi connectivity index (χ4v) is 1.03. The quantitative estimate of drug-likeness (QED) is 0.692. The number of H-pyrrole nitrogens is 1. The summed E-state index contributed by atoms with van der Waals surface area (Å²) in [5, 5.41) is 12.6. The lowest BCUT2D eigenvalue weighted by atomic mass is 10.4. The van der Waals surface area contributed by atoms with Crippen molar-refractivity contribution in [2.45, 2.75) is 6.92 Å². The van der Waals surface area contributed by atoms with Crippen LogP contribution in [-0.2, 0) is 4.79 Å². The minimum atomic E-state index is -0.411. The summed E-state index contributed by atoms with van der Waals surface area (Å²) < 4.78 is 0. The molecule has 0 atom stereocenters. The minimum Gasteiger partial charge on any atom is -0.347 e. The van der Waals surface area contributed by atoms with Crippen LogP contribution in [0, 0.1) is 0 Å². The fourth-order valence-electron chi connectivity index (χ4n) is 1.03. The number of aromatic nitrogens is 4. The van der Waals surface area contributed by atoms with E-state index in [-0.39, 0.29) is 18.3 Å². The van der Waals surface area contributed by atoms with Crippen molar-refractivity contribution >= 4 is 11.8 Å². The van der Waals surface area contributed by atoms with E-state index in [4.69, 9.17) is 0 Å². The predicted octanol–water partition coefficient (Wildman–Crippen LogP) is -1.25. The SMILES string of the molecule is CCN(CC(=O)N(C)C)C(=O)c1nn[nH]n1. The molecule has 0 spiro atoms. The molecule has 0 aliphatic carbocycles. The second-order valence-electron chi connectivity index (χ2n) is 3.34. The Labute approximate surface area is 92.6 Å². The summed E-state index contributed by atoms with van der Waals surface area (Å²) in [6, 6.07) is 0. The van der Waals surface area contributed by atoms with Crippen LogP contribution in [0.1, 0.15) is 17.5 Å². The highest BCUT2D eigenvalue weighted by Gasteiger charge is 2.21. The number of tetrazole rings is 1. The van der Waals surface area contributed by atoms with Gasteiger partial charge in [-0.05, 0) is 12.1 Å². The van der Waals surface area contributed by atoms with Gasteiger partial charge in [0.15, 0.2) is 0 Å². The van der Waals surface area contributed by atoms with Crippen LogP contribution in [0.2, 0.25) is 0 Å². The highest BCUT2D eigenvalue weighted by atomic mass is 16.2. The third-order valence-corrected chi connectivity index (χ3v) is 2.03. The lowest BCUT2D eigenvalue weighted by molar-refractivity contribution is -0.129. The number of nitrogens with one attached hydrogen (secondary N) is 1. The van der Waals surface area contributed by atoms with Crippen LogP contribution in [0.5, 0.6) is 0 Å². The van der Waals surface area contributed by atoms with E-state index in [9.17, 15) is 9.59 Å². The Hall–Kier alpha value is -1.99. The van der Waals surface area contributed by atoms with Crippen molar-refractivity contribution in [1.29, 1.82) is 0 Å². The molecule has 0 fully saturated rings. The van der Waals surface area contributed by atoms with Gasteiger partial charge in [-0.1, -0.05) is 0 Å². The molecule has 1 aromatic heterocycles. The third-order valence-electron chi connectivity index (χ3n) is 2.03. The number of hydrogen-bond acceptors (Lipinski definition) is 5. The van der Waals surface area contributed by atoms with Crippen LogP contribution >= 0.6 is 0 Å². The van der Waals surface area contributed by atoms with Gasteiger partial charge in [0.1, 0.15) is 6.54 Å². The summed E-state index contributed by atoms with van der Waals surface area (Å²) in [6.07, 6.45) is 0. The van der Waals surface area contributed by atoms with E-state index in [2.05, 4.69) is 20.6 Å². The van der Waals surface area contributed by atoms with Gasteiger partial charge in [0, 0.05) is 20.6 Å². The maximum absolute atomic E-state index is 11.8. The number of amides is 2. The number of carbonyl (C=O) groups is 2. The van der Waals surface area contributed by atoms with E-state index in [1.165, 1.54) is 9.80 Å². The van der Waals surface area contributed by atoms with Crippen molar-refractivity contribution in [2.75, 3.05) is 27.2 Å². The molecule has 1 aromatic rings. The summed E-state index contributed by atoms with van der Waals surface area (Å²) in [5.41, 5.74) is 0. The molecule has 0 saturated heterocycles. The highest BCUT2D eigenvalue weighted by Crippen LogP contribution is 1.97. The predicted molar refractivity (Wildman–Crippen MR) is 54.4 cm³/mol. The van der Waals surface area contributed by atoms with E-state index in [1.54, 1.807) is 21.0 Å². The molecule has 1 rings (SSSR count). The molecular weight excluding hydrogens is 212 g/mol. The Kier molecular flexibility index (Phi) is 3.92. The standard InChI is InChI=1S/C8H14N6O2/c1-4-14(5-6(15)13(2)3)8(16)7-9-11-12-10-7/h4-5H2,1-3H3,(H,9,10,11,12). The molecule has 1 heterocycles. The molecule has 16 heavy (non-hydrogen) atoms. The molecule has 0 radical (unpaired) electrons. The molecule has 8 nitrogen and oxygen atoms in total. The van der Waals surface area contributed by atoms with Crippen LogP contribution in [-0.4, -0.2) is 69.4 Å².